The molecule has 0 N–H and O–H groups in total. The topological polar surface area (TPSA) is 31.0 Å². The quantitative estimate of drug-likeness (QED) is 0.786. The predicted molar refractivity (Wildman–Crippen MR) is 75.0 cm³/mol. The van der Waals surface area contributed by atoms with Crippen LogP contribution in [0.25, 0.3) is 10.8 Å². The van der Waals surface area contributed by atoms with Crippen molar-refractivity contribution in [2.45, 2.75) is 25.6 Å². The minimum atomic E-state index is -0.124. The van der Waals surface area contributed by atoms with Gasteiger partial charge in [-0.15, -0.1) is 0 Å². The van der Waals surface area contributed by atoms with Gasteiger partial charge in [-0.25, -0.2) is 0 Å². The molecule has 1 aliphatic rings. The van der Waals surface area contributed by atoms with E-state index in [0.29, 0.717) is 0 Å². The van der Waals surface area contributed by atoms with Crippen LogP contribution < -0.4 is 9.47 Å². The number of rotatable bonds is 3. The van der Waals surface area contributed by atoms with Crippen molar-refractivity contribution in [3.63, 3.8) is 0 Å². The molecule has 2 aromatic rings. The average molecular weight is 258 g/mol. The third kappa shape index (κ3) is 1.85. The van der Waals surface area contributed by atoms with E-state index in [2.05, 4.69) is 19.9 Å². The number of hydrogen-bond acceptors (Lipinski definition) is 3. The Morgan fingerprint density at radius 3 is 2.21 bits per heavy atom. The average Bonchev–Trinajstić information content (AvgIpc) is 3.05. The van der Waals surface area contributed by atoms with Crippen LogP contribution in [0.1, 0.15) is 25.5 Å². The Bertz CT molecular complexity index is 631. The second-order valence-electron chi connectivity index (χ2n) is 5.35. The summed E-state index contributed by atoms with van der Waals surface area (Å²) in [5, 5.41) is 2.12. The van der Waals surface area contributed by atoms with E-state index in [1.54, 1.807) is 14.2 Å². The highest BCUT2D eigenvalue weighted by molar-refractivity contribution is 5.94. The van der Waals surface area contributed by atoms with Crippen LogP contribution in [0.4, 0.5) is 0 Å². The summed E-state index contributed by atoms with van der Waals surface area (Å²) in [5.74, 6) is 1.74. The largest absolute Gasteiger partial charge is 0.496 e. The Morgan fingerprint density at radius 1 is 1.05 bits per heavy atom. The van der Waals surface area contributed by atoms with Crippen molar-refractivity contribution in [2.24, 2.45) is 0 Å². The third-order valence-electron chi connectivity index (χ3n) is 3.69. The first-order chi connectivity index (χ1) is 9.08. The van der Waals surface area contributed by atoms with Crippen molar-refractivity contribution >= 4 is 10.8 Å². The highest BCUT2D eigenvalue weighted by atomic mass is 16.6. The molecule has 0 amide bonds. The van der Waals surface area contributed by atoms with Crippen LogP contribution >= 0.6 is 0 Å². The summed E-state index contributed by atoms with van der Waals surface area (Å²) < 4.78 is 16.9. The van der Waals surface area contributed by atoms with E-state index in [4.69, 9.17) is 14.2 Å². The zero-order valence-electron chi connectivity index (χ0n) is 11.7. The Labute approximate surface area is 113 Å². The van der Waals surface area contributed by atoms with E-state index in [1.807, 2.05) is 24.3 Å². The molecular formula is C16H18O3. The van der Waals surface area contributed by atoms with E-state index in [9.17, 15) is 0 Å². The molecule has 2 aromatic carbocycles. The maximum atomic E-state index is 5.75. The van der Waals surface area contributed by atoms with Gasteiger partial charge in [-0.1, -0.05) is 24.3 Å². The maximum absolute atomic E-state index is 5.75. The first-order valence-corrected chi connectivity index (χ1v) is 6.40. The van der Waals surface area contributed by atoms with Gasteiger partial charge in [-0.2, -0.15) is 0 Å². The summed E-state index contributed by atoms with van der Waals surface area (Å²) in [6, 6.07) is 10.1. The lowest BCUT2D eigenvalue weighted by Crippen LogP contribution is -2.01. The Balaban J connectivity index is 2.27. The van der Waals surface area contributed by atoms with Gasteiger partial charge < -0.3 is 14.2 Å². The highest BCUT2D eigenvalue weighted by Gasteiger charge is 2.50. The fourth-order valence-corrected chi connectivity index (χ4v) is 2.64. The molecule has 1 heterocycles. The van der Waals surface area contributed by atoms with Crippen LogP contribution in [0.5, 0.6) is 11.5 Å². The van der Waals surface area contributed by atoms with Gasteiger partial charge in [0.15, 0.2) is 0 Å². The van der Waals surface area contributed by atoms with E-state index >= 15 is 0 Å². The minimum absolute atomic E-state index is 0.0703. The number of methoxy groups -OCH3 is 2. The van der Waals surface area contributed by atoms with Crippen molar-refractivity contribution in [3.05, 3.63) is 35.9 Å². The molecule has 1 aliphatic heterocycles. The number of epoxide rings is 1. The molecule has 0 aromatic heterocycles. The van der Waals surface area contributed by atoms with Gasteiger partial charge in [0.25, 0.3) is 0 Å². The SMILES string of the molecule is COc1cc(C2OC2(C)C)c(OC)c2ccccc12. The first kappa shape index (κ1) is 12.3. The summed E-state index contributed by atoms with van der Waals surface area (Å²) in [7, 11) is 3.39. The van der Waals surface area contributed by atoms with Crippen molar-refractivity contribution < 1.29 is 14.2 Å². The van der Waals surface area contributed by atoms with Crippen molar-refractivity contribution in [1.82, 2.24) is 0 Å². The summed E-state index contributed by atoms with van der Waals surface area (Å²) in [5.41, 5.74) is 0.934. The maximum Gasteiger partial charge on any atom is 0.132 e. The number of hydrogen-bond donors (Lipinski definition) is 0. The lowest BCUT2D eigenvalue weighted by Gasteiger charge is -2.14. The van der Waals surface area contributed by atoms with Crippen molar-refractivity contribution in [1.29, 1.82) is 0 Å². The molecule has 1 saturated heterocycles. The Kier molecular flexibility index (Phi) is 2.68. The van der Waals surface area contributed by atoms with Crippen LogP contribution in [0.15, 0.2) is 30.3 Å². The highest BCUT2D eigenvalue weighted by Crippen LogP contribution is 2.54. The molecule has 0 spiro atoms. The fourth-order valence-electron chi connectivity index (χ4n) is 2.64. The van der Waals surface area contributed by atoms with E-state index < -0.39 is 0 Å². The smallest absolute Gasteiger partial charge is 0.132 e. The molecular weight excluding hydrogens is 240 g/mol. The summed E-state index contributed by atoms with van der Waals surface area (Å²) in [6.07, 6.45) is 0.0703. The first-order valence-electron chi connectivity index (χ1n) is 6.40. The van der Waals surface area contributed by atoms with Gasteiger partial charge in [0.05, 0.1) is 19.8 Å². The number of benzene rings is 2. The lowest BCUT2D eigenvalue weighted by atomic mass is 9.97. The second kappa shape index (κ2) is 4.14. The normalized spacial score (nSPS) is 20.3. The zero-order valence-corrected chi connectivity index (χ0v) is 11.7. The lowest BCUT2D eigenvalue weighted by molar-refractivity contribution is 0.322. The van der Waals surface area contributed by atoms with E-state index in [-0.39, 0.29) is 11.7 Å². The minimum Gasteiger partial charge on any atom is -0.496 e. The van der Waals surface area contributed by atoms with E-state index in [0.717, 1.165) is 27.8 Å². The molecule has 1 fully saturated rings. The molecule has 3 heteroatoms. The molecule has 0 bridgehead atoms. The molecule has 3 nitrogen and oxygen atoms in total. The third-order valence-corrected chi connectivity index (χ3v) is 3.69. The zero-order chi connectivity index (χ0) is 13.6. The van der Waals surface area contributed by atoms with Gasteiger partial charge in [0, 0.05) is 16.3 Å². The van der Waals surface area contributed by atoms with Crippen molar-refractivity contribution in [3.8, 4) is 11.5 Å². The van der Waals surface area contributed by atoms with Gasteiger partial charge in [-0.05, 0) is 19.9 Å². The van der Waals surface area contributed by atoms with E-state index in [1.165, 1.54) is 0 Å². The second-order valence-corrected chi connectivity index (χ2v) is 5.35. The number of ether oxygens (including phenoxy) is 3. The fraction of sp³-hybridized carbons (Fsp3) is 0.375. The molecule has 3 rings (SSSR count). The standard InChI is InChI=1S/C16H18O3/c1-16(2)15(19-16)12-9-13(17-3)10-7-5-6-8-11(10)14(12)18-4/h5-9,15H,1-4H3. The monoisotopic (exact) mass is 258 g/mol. The van der Waals surface area contributed by atoms with Gasteiger partial charge in [0.1, 0.15) is 17.6 Å². The summed E-state index contributed by atoms with van der Waals surface area (Å²) in [4.78, 5) is 0. The molecule has 1 atom stereocenters. The predicted octanol–water partition coefficient (Wildman–Crippen LogP) is 3.71. The Hall–Kier alpha value is -1.74. The van der Waals surface area contributed by atoms with Gasteiger partial charge in [0.2, 0.25) is 0 Å². The van der Waals surface area contributed by atoms with Crippen LogP contribution in [0, 0.1) is 0 Å². The van der Waals surface area contributed by atoms with Gasteiger partial charge in [-0.3, -0.25) is 0 Å². The number of fused-ring (bicyclic) bond motifs is 1. The molecule has 0 radical (unpaired) electrons. The van der Waals surface area contributed by atoms with Crippen LogP contribution in [-0.2, 0) is 4.74 Å². The molecule has 1 unspecified atom stereocenters. The van der Waals surface area contributed by atoms with Crippen LogP contribution in [0.3, 0.4) is 0 Å². The van der Waals surface area contributed by atoms with Crippen LogP contribution in [-0.4, -0.2) is 19.8 Å². The molecule has 100 valence electrons. The Morgan fingerprint density at radius 2 is 1.68 bits per heavy atom. The summed E-state index contributed by atoms with van der Waals surface area (Å²) in [6.45, 7) is 4.16. The van der Waals surface area contributed by atoms with Gasteiger partial charge >= 0.3 is 0 Å². The molecule has 0 saturated carbocycles. The van der Waals surface area contributed by atoms with Crippen molar-refractivity contribution in [2.75, 3.05) is 14.2 Å². The van der Waals surface area contributed by atoms with Crippen LogP contribution in [0.2, 0.25) is 0 Å². The molecule has 0 aliphatic carbocycles. The summed E-state index contributed by atoms with van der Waals surface area (Å²) >= 11 is 0. The molecule has 19 heavy (non-hydrogen) atoms.